The van der Waals surface area contributed by atoms with Crippen molar-refractivity contribution in [2.75, 3.05) is 5.32 Å². The number of nitrogens with one attached hydrogen (secondary N) is 1. The number of carbonyl (C=O) groups is 1. The number of amides is 1. The minimum absolute atomic E-state index is 0.0374. The maximum atomic E-state index is 13.1. The van der Waals surface area contributed by atoms with Crippen LogP contribution in [0.5, 0.6) is 0 Å². The zero-order chi connectivity index (χ0) is 24.9. The fourth-order valence-corrected chi connectivity index (χ4v) is 4.90. The predicted molar refractivity (Wildman–Crippen MR) is 143 cm³/mol. The van der Waals surface area contributed by atoms with Crippen molar-refractivity contribution >= 4 is 23.4 Å². The molecule has 1 heterocycles. The first-order chi connectivity index (χ1) is 16.8. The largest absolute Gasteiger partial charge is 0.322 e. The molecule has 0 unspecified atom stereocenters. The highest BCUT2D eigenvalue weighted by molar-refractivity contribution is 7.98. The summed E-state index contributed by atoms with van der Waals surface area (Å²) in [5, 5.41) is 3.64. The molecular weight excluding hydrogens is 454 g/mol. The molecule has 0 bridgehead atoms. The minimum atomic E-state index is -0.152. The molecule has 178 valence electrons. The number of anilines is 1. The van der Waals surface area contributed by atoms with Crippen LogP contribution in [0, 0.1) is 20.8 Å². The van der Waals surface area contributed by atoms with E-state index in [9.17, 15) is 9.59 Å². The second-order valence-electron chi connectivity index (χ2n) is 8.68. The fourth-order valence-electron chi connectivity index (χ4n) is 3.89. The summed E-state index contributed by atoms with van der Waals surface area (Å²) >= 11 is 1.46. The van der Waals surface area contributed by atoms with Gasteiger partial charge in [-0.3, -0.25) is 14.2 Å². The average molecular weight is 484 g/mol. The van der Waals surface area contributed by atoms with E-state index in [0.717, 1.165) is 28.1 Å². The number of aromatic nitrogens is 2. The van der Waals surface area contributed by atoms with Gasteiger partial charge in [-0.1, -0.05) is 66.4 Å². The summed E-state index contributed by atoms with van der Waals surface area (Å²) in [4.78, 5) is 30.9. The Morgan fingerprint density at radius 3 is 2.40 bits per heavy atom. The van der Waals surface area contributed by atoms with E-state index in [-0.39, 0.29) is 11.5 Å². The lowest BCUT2D eigenvalue weighted by atomic mass is 10.1. The molecular formula is C29H29N3O2S. The number of aryl methyl sites for hydroxylation is 3. The first kappa shape index (κ1) is 24.5. The van der Waals surface area contributed by atoms with Gasteiger partial charge < -0.3 is 5.32 Å². The highest BCUT2D eigenvalue weighted by Crippen LogP contribution is 2.24. The third kappa shape index (κ3) is 5.72. The molecule has 35 heavy (non-hydrogen) atoms. The Balaban J connectivity index is 1.52. The Kier molecular flexibility index (Phi) is 7.51. The summed E-state index contributed by atoms with van der Waals surface area (Å²) in [6.07, 6.45) is 0.554. The lowest BCUT2D eigenvalue weighted by Crippen LogP contribution is -2.25. The number of nitrogens with zero attached hydrogens (tertiary/aromatic N) is 2. The van der Waals surface area contributed by atoms with Crippen LogP contribution in [0.15, 0.2) is 82.7 Å². The molecule has 0 saturated heterocycles. The first-order valence-electron chi connectivity index (χ1n) is 11.5. The molecule has 3 aromatic carbocycles. The molecule has 4 aromatic rings. The second kappa shape index (κ2) is 10.7. The summed E-state index contributed by atoms with van der Waals surface area (Å²) in [6.45, 7) is 5.96. The smallest absolute Gasteiger partial charge is 0.257 e. The second-order valence-corrected chi connectivity index (χ2v) is 9.63. The third-order valence-corrected chi connectivity index (χ3v) is 7.24. The van der Waals surface area contributed by atoms with Crippen molar-refractivity contribution in [1.29, 1.82) is 0 Å². The number of rotatable bonds is 7. The van der Waals surface area contributed by atoms with Crippen LogP contribution in [0.25, 0.3) is 0 Å². The Bertz CT molecular complexity index is 1430. The third-order valence-electron chi connectivity index (χ3n) is 6.16. The van der Waals surface area contributed by atoms with Crippen LogP contribution in [-0.4, -0.2) is 15.5 Å². The molecule has 4 rings (SSSR count). The van der Waals surface area contributed by atoms with Crippen molar-refractivity contribution in [3.05, 3.63) is 122 Å². The maximum Gasteiger partial charge on any atom is 0.257 e. The summed E-state index contributed by atoms with van der Waals surface area (Å²) in [5.74, 6) is 0.370. The average Bonchev–Trinajstić information content (AvgIpc) is 2.86. The van der Waals surface area contributed by atoms with Crippen LogP contribution in [0.4, 0.5) is 5.69 Å². The molecule has 0 aliphatic heterocycles. The Morgan fingerprint density at radius 1 is 0.943 bits per heavy atom. The van der Waals surface area contributed by atoms with Gasteiger partial charge in [-0.25, -0.2) is 4.98 Å². The highest BCUT2D eigenvalue weighted by atomic mass is 32.2. The Hall–Kier alpha value is -3.64. The van der Waals surface area contributed by atoms with E-state index in [4.69, 9.17) is 4.98 Å². The van der Waals surface area contributed by atoms with E-state index in [1.807, 2.05) is 93.6 Å². The zero-order valence-corrected chi connectivity index (χ0v) is 21.3. The number of thioether (sulfide) groups is 1. The van der Waals surface area contributed by atoms with Crippen molar-refractivity contribution in [2.24, 2.45) is 7.05 Å². The molecule has 0 saturated carbocycles. The van der Waals surface area contributed by atoms with Crippen LogP contribution >= 0.6 is 11.8 Å². The summed E-state index contributed by atoms with van der Waals surface area (Å²) in [6, 6.07) is 23.4. The van der Waals surface area contributed by atoms with E-state index in [1.165, 1.54) is 17.3 Å². The van der Waals surface area contributed by atoms with Gasteiger partial charge in [0.15, 0.2) is 5.16 Å². The van der Waals surface area contributed by atoms with Gasteiger partial charge in [-0.2, -0.15) is 0 Å². The molecule has 1 amide bonds. The number of carbonyl (C=O) groups excluding carboxylic acids is 1. The summed E-state index contributed by atoms with van der Waals surface area (Å²) in [7, 11) is 1.75. The summed E-state index contributed by atoms with van der Waals surface area (Å²) in [5.41, 5.74) is 7.07. The molecule has 6 heteroatoms. The van der Waals surface area contributed by atoms with Crippen molar-refractivity contribution < 1.29 is 4.79 Å². The van der Waals surface area contributed by atoms with Gasteiger partial charge in [0.1, 0.15) is 0 Å². The highest BCUT2D eigenvalue weighted by Gasteiger charge is 2.16. The molecule has 0 aliphatic carbocycles. The SMILES string of the molecule is Cc1ccc(NC(=O)c2ccccc2CSc2nc(C)c(Cc3ccccc3)c(=O)n2C)cc1C. The molecule has 1 aromatic heterocycles. The van der Waals surface area contributed by atoms with Crippen LogP contribution in [0.1, 0.15) is 43.9 Å². The molecule has 0 radical (unpaired) electrons. The monoisotopic (exact) mass is 483 g/mol. The molecule has 1 N–H and O–H groups in total. The normalized spacial score (nSPS) is 10.9. The van der Waals surface area contributed by atoms with Crippen molar-refractivity contribution in [3.63, 3.8) is 0 Å². The van der Waals surface area contributed by atoms with E-state index < -0.39 is 0 Å². The fraction of sp³-hybridized carbons (Fsp3) is 0.207. The standard InChI is InChI=1S/C29H29N3O2S/c1-19-14-15-24(16-20(19)2)31-27(33)25-13-9-8-12-23(25)18-35-29-30-21(3)26(28(34)32(29)4)17-22-10-6-5-7-11-22/h5-16H,17-18H2,1-4H3,(H,31,33). The van der Waals surface area contributed by atoms with Gasteiger partial charge in [0.05, 0.1) is 0 Å². The van der Waals surface area contributed by atoms with E-state index in [0.29, 0.717) is 28.5 Å². The Morgan fingerprint density at radius 2 is 1.66 bits per heavy atom. The maximum absolute atomic E-state index is 13.1. The van der Waals surface area contributed by atoms with Crippen molar-refractivity contribution in [1.82, 2.24) is 9.55 Å². The van der Waals surface area contributed by atoms with Crippen LogP contribution in [0.2, 0.25) is 0 Å². The topological polar surface area (TPSA) is 64.0 Å². The Labute approximate surface area is 210 Å². The van der Waals surface area contributed by atoms with E-state index >= 15 is 0 Å². The molecule has 0 aliphatic rings. The van der Waals surface area contributed by atoms with Gasteiger partial charge in [-0.15, -0.1) is 0 Å². The lowest BCUT2D eigenvalue weighted by molar-refractivity contribution is 0.102. The van der Waals surface area contributed by atoms with E-state index in [2.05, 4.69) is 5.32 Å². The number of benzene rings is 3. The number of hydrogen-bond donors (Lipinski definition) is 1. The van der Waals surface area contributed by atoms with Gasteiger partial charge in [0.25, 0.3) is 11.5 Å². The van der Waals surface area contributed by atoms with Crippen molar-refractivity contribution in [2.45, 2.75) is 38.1 Å². The van der Waals surface area contributed by atoms with E-state index in [1.54, 1.807) is 11.6 Å². The predicted octanol–water partition coefficient (Wildman–Crippen LogP) is 5.84. The van der Waals surface area contributed by atoms with Gasteiger partial charge in [0.2, 0.25) is 0 Å². The van der Waals surface area contributed by atoms with Crippen molar-refractivity contribution in [3.8, 4) is 0 Å². The van der Waals surface area contributed by atoms with Crippen LogP contribution < -0.4 is 10.9 Å². The van der Waals surface area contributed by atoms with Gasteiger partial charge >= 0.3 is 0 Å². The van der Waals surface area contributed by atoms with Gasteiger partial charge in [-0.05, 0) is 61.2 Å². The quantitative estimate of drug-likeness (QED) is 0.265. The first-order valence-corrected chi connectivity index (χ1v) is 12.5. The minimum Gasteiger partial charge on any atom is -0.322 e. The zero-order valence-electron chi connectivity index (χ0n) is 20.5. The summed E-state index contributed by atoms with van der Waals surface area (Å²) < 4.78 is 1.60. The van der Waals surface area contributed by atoms with Gasteiger partial charge in [0, 0.05) is 41.7 Å². The molecule has 0 atom stereocenters. The lowest BCUT2D eigenvalue weighted by Gasteiger charge is -2.14. The number of hydrogen-bond acceptors (Lipinski definition) is 4. The van der Waals surface area contributed by atoms with Crippen LogP contribution in [0.3, 0.4) is 0 Å². The molecule has 0 fully saturated rings. The molecule has 0 spiro atoms. The molecule has 5 nitrogen and oxygen atoms in total. The van der Waals surface area contributed by atoms with Crippen LogP contribution in [-0.2, 0) is 19.2 Å².